The molecule has 5 nitrogen and oxygen atoms in total. The fourth-order valence-corrected chi connectivity index (χ4v) is 5.70. The second-order valence-corrected chi connectivity index (χ2v) is 10.6. The normalized spacial score (nSPS) is 22.5. The molecule has 2 heterocycles. The Hall–Kier alpha value is -3.57. The van der Waals surface area contributed by atoms with Crippen molar-refractivity contribution in [2.75, 3.05) is 10.2 Å². The summed E-state index contributed by atoms with van der Waals surface area (Å²) in [5.41, 5.74) is 5.45. The number of para-hydroxylation sites is 2. The zero-order valence-corrected chi connectivity index (χ0v) is 20.3. The standard InChI is InChI=1S/C29H25ClN2O3/c1-29(2)15-22-25(24(33)16-29)26(17-11-13-18(30)14-12-17)32(23-10-6-5-9-21(23)31-22)27-19-7-3-4-8-20(19)28(34)35-27/h3-14,26-27,31H,15-16H2,1-2H3/t26-,27+/m0/s1. The van der Waals surface area contributed by atoms with Gasteiger partial charge < -0.3 is 15.0 Å². The van der Waals surface area contributed by atoms with Crippen LogP contribution < -0.4 is 10.2 Å². The Labute approximate surface area is 209 Å². The summed E-state index contributed by atoms with van der Waals surface area (Å²) < 4.78 is 6.01. The Balaban J connectivity index is 1.64. The zero-order valence-electron chi connectivity index (χ0n) is 19.5. The summed E-state index contributed by atoms with van der Waals surface area (Å²) in [7, 11) is 0. The second-order valence-electron chi connectivity index (χ2n) is 10.2. The highest BCUT2D eigenvalue weighted by atomic mass is 35.5. The van der Waals surface area contributed by atoms with Crippen LogP contribution >= 0.6 is 11.6 Å². The van der Waals surface area contributed by atoms with Gasteiger partial charge in [-0.15, -0.1) is 0 Å². The van der Waals surface area contributed by atoms with Gasteiger partial charge in [0.15, 0.2) is 5.78 Å². The lowest BCUT2D eigenvalue weighted by atomic mass is 9.73. The van der Waals surface area contributed by atoms with Gasteiger partial charge in [0.25, 0.3) is 0 Å². The summed E-state index contributed by atoms with van der Waals surface area (Å²) in [5, 5.41) is 4.22. The number of hydrogen-bond donors (Lipinski definition) is 1. The Bertz CT molecular complexity index is 1390. The minimum atomic E-state index is -0.683. The van der Waals surface area contributed by atoms with E-state index in [1.807, 2.05) is 66.7 Å². The van der Waals surface area contributed by atoms with Gasteiger partial charge in [-0.25, -0.2) is 4.79 Å². The first-order chi connectivity index (χ1) is 16.8. The van der Waals surface area contributed by atoms with Crippen molar-refractivity contribution in [2.24, 2.45) is 5.41 Å². The third kappa shape index (κ3) is 3.62. The van der Waals surface area contributed by atoms with Crippen molar-refractivity contribution in [3.05, 3.63) is 106 Å². The molecule has 3 aromatic carbocycles. The lowest BCUT2D eigenvalue weighted by Crippen LogP contribution is -2.38. The van der Waals surface area contributed by atoms with Crippen molar-refractivity contribution >= 4 is 34.7 Å². The van der Waals surface area contributed by atoms with Gasteiger partial charge in [-0.1, -0.05) is 67.9 Å². The third-order valence-corrected chi connectivity index (χ3v) is 7.30. The SMILES string of the molecule is CC1(C)CC(=O)C2=C(C1)Nc1ccccc1N([C@@H]1OC(=O)c3ccccc31)[C@H]2c1ccc(Cl)cc1. The summed E-state index contributed by atoms with van der Waals surface area (Å²) in [6.07, 6.45) is 0.501. The van der Waals surface area contributed by atoms with Crippen molar-refractivity contribution in [1.82, 2.24) is 0 Å². The van der Waals surface area contributed by atoms with E-state index >= 15 is 0 Å². The number of esters is 1. The number of benzene rings is 3. The van der Waals surface area contributed by atoms with Crippen molar-refractivity contribution in [3.63, 3.8) is 0 Å². The van der Waals surface area contributed by atoms with Gasteiger partial charge >= 0.3 is 5.97 Å². The number of anilines is 2. The van der Waals surface area contributed by atoms with Gasteiger partial charge in [0.05, 0.1) is 23.0 Å². The molecule has 2 atom stereocenters. The van der Waals surface area contributed by atoms with Crippen LogP contribution in [0.3, 0.4) is 0 Å². The van der Waals surface area contributed by atoms with Gasteiger partial charge in [-0.3, -0.25) is 4.79 Å². The maximum atomic E-state index is 13.8. The number of cyclic esters (lactones) is 1. The molecule has 3 aliphatic rings. The highest BCUT2D eigenvalue weighted by Gasteiger charge is 2.46. The van der Waals surface area contributed by atoms with Crippen molar-refractivity contribution in [2.45, 2.75) is 39.0 Å². The number of Topliss-reactive ketones (excluding diaryl/α,β-unsaturated/α-hetero) is 1. The number of fused-ring (bicyclic) bond motifs is 2. The Kier molecular flexibility index (Phi) is 5.01. The van der Waals surface area contributed by atoms with E-state index in [-0.39, 0.29) is 17.2 Å². The van der Waals surface area contributed by atoms with E-state index in [1.165, 1.54) is 0 Å². The largest absolute Gasteiger partial charge is 0.433 e. The number of hydrogen-bond acceptors (Lipinski definition) is 5. The molecular weight excluding hydrogens is 460 g/mol. The van der Waals surface area contributed by atoms with Gasteiger partial charge in [-0.2, -0.15) is 0 Å². The number of halogens is 1. The van der Waals surface area contributed by atoms with Crippen LogP contribution in [0.4, 0.5) is 11.4 Å². The van der Waals surface area contributed by atoms with Gasteiger partial charge in [0.1, 0.15) is 0 Å². The first kappa shape index (κ1) is 21.9. The first-order valence-electron chi connectivity index (χ1n) is 11.8. The smallest absolute Gasteiger partial charge is 0.340 e. The van der Waals surface area contributed by atoms with Crippen molar-refractivity contribution < 1.29 is 14.3 Å². The number of allylic oxidation sites excluding steroid dienone is 1. The van der Waals surface area contributed by atoms with E-state index in [4.69, 9.17) is 16.3 Å². The van der Waals surface area contributed by atoms with Crippen LogP contribution in [-0.4, -0.2) is 11.8 Å². The molecule has 0 bridgehead atoms. The molecule has 0 radical (unpaired) electrons. The van der Waals surface area contributed by atoms with E-state index in [9.17, 15) is 9.59 Å². The topological polar surface area (TPSA) is 58.6 Å². The van der Waals surface area contributed by atoms with Crippen LogP contribution in [0.2, 0.25) is 5.02 Å². The molecule has 0 spiro atoms. The first-order valence-corrected chi connectivity index (χ1v) is 12.2. The fraction of sp³-hybridized carbons (Fsp3) is 0.241. The molecular formula is C29H25ClN2O3. The lowest BCUT2D eigenvalue weighted by molar-refractivity contribution is -0.118. The summed E-state index contributed by atoms with van der Waals surface area (Å²) in [5.74, 6) is -0.264. The van der Waals surface area contributed by atoms with Crippen LogP contribution in [0.1, 0.15) is 60.4 Å². The van der Waals surface area contributed by atoms with Crippen LogP contribution in [0.15, 0.2) is 84.1 Å². The average Bonchev–Trinajstić information content (AvgIpc) is 3.07. The number of ketones is 1. The van der Waals surface area contributed by atoms with Crippen LogP contribution in [0, 0.1) is 5.41 Å². The second kappa shape index (κ2) is 7.99. The Morgan fingerprint density at radius 3 is 2.46 bits per heavy atom. The lowest BCUT2D eigenvalue weighted by Gasteiger charge is -2.40. The van der Waals surface area contributed by atoms with E-state index in [1.54, 1.807) is 6.07 Å². The molecule has 2 aliphatic heterocycles. The quantitative estimate of drug-likeness (QED) is 0.404. The molecule has 35 heavy (non-hydrogen) atoms. The fourth-order valence-electron chi connectivity index (χ4n) is 5.58. The van der Waals surface area contributed by atoms with Crippen LogP contribution in [0.25, 0.3) is 0 Å². The molecule has 0 saturated heterocycles. The van der Waals surface area contributed by atoms with E-state index in [2.05, 4.69) is 24.1 Å². The number of nitrogens with one attached hydrogen (secondary N) is 1. The summed E-state index contributed by atoms with van der Waals surface area (Å²) in [6, 6.07) is 22.5. The van der Waals surface area contributed by atoms with Gasteiger partial charge in [-0.05, 0) is 47.7 Å². The molecule has 1 N–H and O–H groups in total. The Morgan fingerprint density at radius 2 is 1.66 bits per heavy atom. The molecule has 3 aromatic rings. The predicted molar refractivity (Wildman–Crippen MR) is 136 cm³/mol. The zero-order chi connectivity index (χ0) is 24.3. The number of rotatable bonds is 2. The minimum absolute atomic E-state index is 0.0964. The maximum absolute atomic E-state index is 13.8. The van der Waals surface area contributed by atoms with E-state index in [0.29, 0.717) is 22.6 Å². The third-order valence-electron chi connectivity index (χ3n) is 7.04. The molecule has 0 unspecified atom stereocenters. The number of ether oxygens (including phenoxy) is 1. The number of carbonyl (C=O) groups excluding carboxylic acids is 2. The molecule has 0 saturated carbocycles. The average molecular weight is 485 g/mol. The minimum Gasteiger partial charge on any atom is -0.433 e. The summed E-state index contributed by atoms with van der Waals surface area (Å²) in [6.45, 7) is 4.24. The van der Waals surface area contributed by atoms with Crippen molar-refractivity contribution in [3.8, 4) is 0 Å². The molecule has 176 valence electrons. The predicted octanol–water partition coefficient (Wildman–Crippen LogP) is 6.83. The molecule has 1 aliphatic carbocycles. The molecule has 6 rings (SSSR count). The van der Waals surface area contributed by atoms with Gasteiger partial charge in [0.2, 0.25) is 6.23 Å². The molecule has 0 fully saturated rings. The van der Waals surface area contributed by atoms with Crippen LogP contribution in [-0.2, 0) is 9.53 Å². The summed E-state index contributed by atoms with van der Waals surface area (Å²) >= 11 is 6.24. The summed E-state index contributed by atoms with van der Waals surface area (Å²) in [4.78, 5) is 28.8. The highest BCUT2D eigenvalue weighted by molar-refractivity contribution is 6.30. The monoisotopic (exact) mass is 484 g/mol. The number of nitrogens with zero attached hydrogens (tertiary/aromatic N) is 1. The van der Waals surface area contributed by atoms with E-state index in [0.717, 1.165) is 34.6 Å². The highest BCUT2D eigenvalue weighted by Crippen LogP contribution is 2.52. The maximum Gasteiger partial charge on any atom is 0.340 e. The van der Waals surface area contributed by atoms with Gasteiger partial charge in [0, 0.05) is 28.3 Å². The molecule has 0 amide bonds. The molecule has 6 heteroatoms. The Morgan fingerprint density at radius 1 is 0.943 bits per heavy atom. The van der Waals surface area contributed by atoms with Crippen molar-refractivity contribution in [1.29, 1.82) is 0 Å². The van der Waals surface area contributed by atoms with Crippen LogP contribution in [0.5, 0.6) is 0 Å². The molecule has 0 aromatic heterocycles. The van der Waals surface area contributed by atoms with E-state index < -0.39 is 12.3 Å². The number of carbonyl (C=O) groups is 2.